The van der Waals surface area contributed by atoms with Crippen LogP contribution < -0.4 is 5.32 Å². The molecule has 1 aliphatic carbocycles. The van der Waals surface area contributed by atoms with E-state index in [0.29, 0.717) is 0 Å². The highest BCUT2D eigenvalue weighted by atomic mass is 15.2. The Labute approximate surface area is 70.0 Å². The van der Waals surface area contributed by atoms with Gasteiger partial charge in [-0.1, -0.05) is 19.3 Å². The van der Waals surface area contributed by atoms with Gasteiger partial charge in [-0.05, 0) is 26.9 Å². The van der Waals surface area contributed by atoms with Crippen LogP contribution >= 0.6 is 0 Å². The van der Waals surface area contributed by atoms with Gasteiger partial charge >= 0.3 is 0 Å². The molecule has 0 radical (unpaired) electrons. The average Bonchev–Trinajstić information content (AvgIpc) is 2.07. The molecule has 2 nitrogen and oxygen atoms in total. The van der Waals surface area contributed by atoms with Gasteiger partial charge in [0.05, 0.1) is 0 Å². The first-order chi connectivity index (χ1) is 5.34. The number of hydrogen-bond donors (Lipinski definition) is 1. The predicted octanol–water partition coefficient (Wildman–Crippen LogP) is 1.43. The van der Waals surface area contributed by atoms with Crippen LogP contribution in [0.1, 0.15) is 32.1 Å². The van der Waals surface area contributed by atoms with Crippen LogP contribution in [-0.2, 0) is 0 Å². The molecule has 1 saturated carbocycles. The first-order valence-electron chi connectivity index (χ1n) is 4.69. The molecule has 11 heavy (non-hydrogen) atoms. The minimum Gasteiger partial charge on any atom is -0.307 e. The minimum atomic E-state index is 0.844. The largest absolute Gasteiger partial charge is 0.307 e. The van der Waals surface area contributed by atoms with E-state index in [4.69, 9.17) is 0 Å². The van der Waals surface area contributed by atoms with Crippen molar-refractivity contribution in [3.8, 4) is 0 Å². The Morgan fingerprint density at radius 1 is 1.27 bits per heavy atom. The quantitative estimate of drug-likeness (QED) is 0.622. The average molecular weight is 156 g/mol. The Balaban J connectivity index is 2.21. The summed E-state index contributed by atoms with van der Waals surface area (Å²) in [6, 6.07) is 0.844. The zero-order valence-electron chi connectivity index (χ0n) is 7.77. The van der Waals surface area contributed by atoms with E-state index in [-0.39, 0.29) is 0 Å². The maximum atomic E-state index is 3.19. The standard InChI is InChI=1S/C9H20N2/c1-10-8-11(2)9-6-4-3-5-7-9/h9-10H,3-8H2,1-2H3. The van der Waals surface area contributed by atoms with E-state index in [2.05, 4.69) is 17.3 Å². The summed E-state index contributed by atoms with van der Waals surface area (Å²) in [6.45, 7) is 1.03. The van der Waals surface area contributed by atoms with Gasteiger partial charge in [0.15, 0.2) is 0 Å². The molecule has 0 aromatic rings. The van der Waals surface area contributed by atoms with Gasteiger partial charge in [0, 0.05) is 12.7 Å². The maximum absolute atomic E-state index is 3.19. The zero-order valence-corrected chi connectivity index (χ0v) is 7.77. The first-order valence-corrected chi connectivity index (χ1v) is 4.69. The van der Waals surface area contributed by atoms with Crippen LogP contribution in [0.2, 0.25) is 0 Å². The molecule has 1 N–H and O–H groups in total. The SMILES string of the molecule is CNCN(C)C1CCCCC1. The Bertz CT molecular complexity index is 97.7. The Morgan fingerprint density at radius 3 is 2.45 bits per heavy atom. The summed E-state index contributed by atoms with van der Waals surface area (Å²) in [5.41, 5.74) is 0. The van der Waals surface area contributed by atoms with E-state index in [1.807, 2.05) is 7.05 Å². The van der Waals surface area contributed by atoms with E-state index in [9.17, 15) is 0 Å². The number of rotatable bonds is 3. The molecule has 0 heterocycles. The number of hydrogen-bond acceptors (Lipinski definition) is 2. The van der Waals surface area contributed by atoms with Crippen LogP contribution in [0.4, 0.5) is 0 Å². The Kier molecular flexibility index (Phi) is 3.87. The lowest BCUT2D eigenvalue weighted by atomic mass is 9.95. The van der Waals surface area contributed by atoms with Crippen molar-refractivity contribution in [1.82, 2.24) is 10.2 Å². The highest BCUT2D eigenvalue weighted by molar-refractivity contribution is 4.72. The molecule has 0 aromatic carbocycles. The third kappa shape index (κ3) is 2.80. The van der Waals surface area contributed by atoms with Crippen LogP contribution in [0.5, 0.6) is 0 Å². The van der Waals surface area contributed by atoms with Crippen molar-refractivity contribution < 1.29 is 0 Å². The van der Waals surface area contributed by atoms with Crippen LogP contribution in [0.3, 0.4) is 0 Å². The van der Waals surface area contributed by atoms with E-state index in [1.54, 1.807) is 0 Å². The third-order valence-electron chi connectivity index (χ3n) is 2.61. The summed E-state index contributed by atoms with van der Waals surface area (Å²) in [5.74, 6) is 0. The van der Waals surface area contributed by atoms with E-state index in [0.717, 1.165) is 12.7 Å². The predicted molar refractivity (Wildman–Crippen MR) is 48.6 cm³/mol. The molecule has 0 bridgehead atoms. The van der Waals surface area contributed by atoms with Crippen molar-refractivity contribution in [3.63, 3.8) is 0 Å². The fraction of sp³-hybridized carbons (Fsp3) is 1.00. The smallest absolute Gasteiger partial charge is 0.0477 e. The molecule has 0 aromatic heterocycles. The second-order valence-electron chi connectivity index (χ2n) is 3.56. The van der Waals surface area contributed by atoms with E-state index in [1.165, 1.54) is 32.1 Å². The fourth-order valence-electron chi connectivity index (χ4n) is 1.90. The van der Waals surface area contributed by atoms with Crippen molar-refractivity contribution >= 4 is 0 Å². The molecule has 0 saturated heterocycles. The molecule has 0 atom stereocenters. The summed E-state index contributed by atoms with van der Waals surface area (Å²) in [7, 11) is 4.23. The van der Waals surface area contributed by atoms with Crippen molar-refractivity contribution in [3.05, 3.63) is 0 Å². The molecule has 1 rings (SSSR count). The van der Waals surface area contributed by atoms with Gasteiger partial charge < -0.3 is 5.32 Å². The lowest BCUT2D eigenvalue weighted by molar-refractivity contribution is 0.183. The minimum absolute atomic E-state index is 0.844. The number of nitrogens with one attached hydrogen (secondary N) is 1. The van der Waals surface area contributed by atoms with Crippen LogP contribution in [0.25, 0.3) is 0 Å². The normalized spacial score (nSPS) is 21.0. The van der Waals surface area contributed by atoms with Crippen molar-refractivity contribution in [2.75, 3.05) is 20.8 Å². The summed E-state index contributed by atoms with van der Waals surface area (Å²) in [4.78, 5) is 2.43. The molecule has 0 unspecified atom stereocenters. The number of nitrogens with zero attached hydrogens (tertiary/aromatic N) is 1. The highest BCUT2D eigenvalue weighted by Gasteiger charge is 2.16. The first kappa shape index (κ1) is 9.01. The van der Waals surface area contributed by atoms with Gasteiger partial charge in [-0.15, -0.1) is 0 Å². The topological polar surface area (TPSA) is 15.3 Å². The molecule has 0 aliphatic heterocycles. The molecule has 1 fully saturated rings. The van der Waals surface area contributed by atoms with E-state index < -0.39 is 0 Å². The summed E-state index contributed by atoms with van der Waals surface area (Å²) < 4.78 is 0. The van der Waals surface area contributed by atoms with Crippen molar-refractivity contribution in [2.45, 2.75) is 38.1 Å². The second-order valence-corrected chi connectivity index (χ2v) is 3.56. The monoisotopic (exact) mass is 156 g/mol. The van der Waals surface area contributed by atoms with Gasteiger partial charge in [-0.25, -0.2) is 0 Å². The van der Waals surface area contributed by atoms with Gasteiger partial charge in [0.2, 0.25) is 0 Å². The van der Waals surface area contributed by atoms with Gasteiger partial charge in [0.1, 0.15) is 0 Å². The molecule has 0 amide bonds. The Morgan fingerprint density at radius 2 is 1.91 bits per heavy atom. The molecule has 66 valence electrons. The van der Waals surface area contributed by atoms with Crippen LogP contribution in [0, 0.1) is 0 Å². The van der Waals surface area contributed by atoms with Gasteiger partial charge in [-0.2, -0.15) is 0 Å². The van der Waals surface area contributed by atoms with Crippen molar-refractivity contribution in [2.24, 2.45) is 0 Å². The molecular weight excluding hydrogens is 136 g/mol. The third-order valence-corrected chi connectivity index (χ3v) is 2.61. The van der Waals surface area contributed by atoms with E-state index >= 15 is 0 Å². The Hall–Kier alpha value is -0.0800. The lowest BCUT2D eigenvalue weighted by Crippen LogP contribution is -2.38. The lowest BCUT2D eigenvalue weighted by Gasteiger charge is -2.30. The van der Waals surface area contributed by atoms with Crippen molar-refractivity contribution in [1.29, 1.82) is 0 Å². The maximum Gasteiger partial charge on any atom is 0.0477 e. The molecule has 2 heteroatoms. The summed E-state index contributed by atoms with van der Waals surface area (Å²) in [6.07, 6.45) is 7.11. The summed E-state index contributed by atoms with van der Waals surface area (Å²) >= 11 is 0. The second kappa shape index (κ2) is 4.73. The summed E-state index contributed by atoms with van der Waals surface area (Å²) in [5, 5.41) is 3.19. The van der Waals surface area contributed by atoms with Crippen LogP contribution in [-0.4, -0.2) is 31.7 Å². The molecule has 1 aliphatic rings. The van der Waals surface area contributed by atoms with Crippen LogP contribution in [0.15, 0.2) is 0 Å². The molecule has 0 spiro atoms. The highest BCUT2D eigenvalue weighted by Crippen LogP contribution is 2.20. The zero-order chi connectivity index (χ0) is 8.10. The molecular formula is C9H20N2. The fourth-order valence-corrected chi connectivity index (χ4v) is 1.90. The van der Waals surface area contributed by atoms with Gasteiger partial charge in [0.25, 0.3) is 0 Å². The van der Waals surface area contributed by atoms with Gasteiger partial charge in [-0.3, -0.25) is 4.90 Å².